The smallest absolute Gasteiger partial charge is 0.306 e. The van der Waals surface area contributed by atoms with Gasteiger partial charge in [0.15, 0.2) is 0 Å². The number of aromatic hydroxyl groups is 1. The molecule has 2 aromatic heterocycles. The van der Waals surface area contributed by atoms with Crippen molar-refractivity contribution >= 4 is 34.6 Å². The molecule has 1 aliphatic rings. The fourth-order valence-electron chi connectivity index (χ4n) is 6.16. The largest absolute Gasteiger partial charge is 0.508 e. The topological polar surface area (TPSA) is 82.1 Å². The van der Waals surface area contributed by atoms with Gasteiger partial charge in [0, 0.05) is 21.6 Å². The second-order valence-corrected chi connectivity index (χ2v) is 13.8. The van der Waals surface area contributed by atoms with Gasteiger partial charge in [-0.25, -0.2) is 0 Å². The molecule has 48 heavy (non-hydrogen) atoms. The molecule has 0 amide bonds. The van der Waals surface area contributed by atoms with Crippen LogP contribution in [0, 0.1) is 0 Å². The third-order valence-electron chi connectivity index (χ3n) is 8.80. The molecule has 3 aromatic carbocycles. The van der Waals surface area contributed by atoms with Crippen LogP contribution in [0.15, 0.2) is 114 Å². The van der Waals surface area contributed by atoms with Gasteiger partial charge in [0.1, 0.15) is 11.5 Å². The van der Waals surface area contributed by atoms with E-state index in [9.17, 15) is 14.7 Å². The van der Waals surface area contributed by atoms with E-state index < -0.39 is 0 Å². The molecule has 2 unspecified atom stereocenters. The zero-order chi connectivity index (χ0) is 33.7. The molecule has 0 spiro atoms. The molecule has 2 heterocycles. The number of hydrogen-bond acceptors (Lipinski definition) is 8. The number of methoxy groups -OCH3 is 2. The molecule has 0 aliphatic heterocycles. The van der Waals surface area contributed by atoms with Crippen LogP contribution in [0.25, 0.3) is 0 Å². The van der Waals surface area contributed by atoms with E-state index in [2.05, 4.69) is 48.5 Å². The first kappa shape index (κ1) is 34.9. The van der Waals surface area contributed by atoms with Crippen LogP contribution in [0.5, 0.6) is 11.5 Å². The Labute approximate surface area is 291 Å². The Hall–Kier alpha value is -4.40. The monoisotopic (exact) mass is 682 g/mol. The first-order valence-corrected chi connectivity index (χ1v) is 18.0. The second-order valence-electron chi connectivity index (χ2n) is 11.9. The van der Waals surface area contributed by atoms with Gasteiger partial charge in [0.2, 0.25) is 0 Å². The fourth-order valence-corrected chi connectivity index (χ4v) is 7.87. The van der Waals surface area contributed by atoms with Crippen molar-refractivity contribution in [1.29, 1.82) is 0 Å². The molecule has 6 nitrogen and oxygen atoms in total. The zero-order valence-electron chi connectivity index (χ0n) is 27.3. The standard InChI is InChI=1S/C26H28O3S.C14H14O3S/c1-28-26(27)18-24(25-8-5-17-30-25)21-11-15-23(16-12-21)29-22-13-9-20(10-14-22)19-6-3-2-4-7-19;1-17-14(16)9-12(13-3-2-8-18-13)10-4-6-11(15)7-5-10/h2-8,11-12,15-17,20,22,24H,9-10,13-14,18H2,1H3;2-8,12,15H,9H2,1H3. The first-order valence-electron chi connectivity index (χ1n) is 16.2. The average molecular weight is 683 g/mol. The van der Waals surface area contributed by atoms with E-state index in [-0.39, 0.29) is 35.6 Å². The highest BCUT2D eigenvalue weighted by atomic mass is 32.1. The van der Waals surface area contributed by atoms with Gasteiger partial charge in [-0.1, -0.05) is 66.7 Å². The average Bonchev–Trinajstić information content (AvgIpc) is 3.87. The predicted octanol–water partition coefficient (Wildman–Crippen LogP) is 9.70. The van der Waals surface area contributed by atoms with Crippen molar-refractivity contribution in [2.24, 2.45) is 0 Å². The Bertz CT molecular complexity index is 1660. The molecule has 1 N–H and O–H groups in total. The van der Waals surface area contributed by atoms with E-state index >= 15 is 0 Å². The second kappa shape index (κ2) is 17.7. The molecule has 250 valence electrons. The van der Waals surface area contributed by atoms with Crippen LogP contribution < -0.4 is 4.74 Å². The lowest BCUT2D eigenvalue weighted by Gasteiger charge is -2.29. The minimum absolute atomic E-state index is 0.0157. The molecule has 5 aromatic rings. The number of carbonyl (C=O) groups excluding carboxylic acids is 2. The van der Waals surface area contributed by atoms with Crippen LogP contribution in [0.4, 0.5) is 0 Å². The summed E-state index contributed by atoms with van der Waals surface area (Å²) in [6.07, 6.45) is 5.45. The van der Waals surface area contributed by atoms with Crippen molar-refractivity contribution in [2.45, 2.75) is 62.4 Å². The minimum Gasteiger partial charge on any atom is -0.508 e. The summed E-state index contributed by atoms with van der Waals surface area (Å²) in [5.41, 5.74) is 3.56. The summed E-state index contributed by atoms with van der Waals surface area (Å²) >= 11 is 3.28. The summed E-state index contributed by atoms with van der Waals surface area (Å²) in [5.74, 6) is 1.36. The molecular formula is C40H42O6S2. The summed E-state index contributed by atoms with van der Waals surface area (Å²) in [5, 5.41) is 13.3. The highest BCUT2D eigenvalue weighted by molar-refractivity contribution is 7.10. The SMILES string of the molecule is COC(=O)CC(c1ccc(O)cc1)c1cccs1.COC(=O)CC(c1ccc(OC2CCC(c3ccccc3)CC2)cc1)c1cccs1. The van der Waals surface area contributed by atoms with E-state index in [4.69, 9.17) is 14.2 Å². The Kier molecular flexibility index (Phi) is 12.9. The summed E-state index contributed by atoms with van der Waals surface area (Å²) in [6.45, 7) is 0. The summed E-state index contributed by atoms with van der Waals surface area (Å²) in [4.78, 5) is 25.7. The van der Waals surface area contributed by atoms with Crippen LogP contribution in [-0.4, -0.2) is 37.4 Å². The van der Waals surface area contributed by atoms with Gasteiger partial charge in [0.05, 0.1) is 33.2 Å². The fraction of sp³-hybridized carbons (Fsp3) is 0.300. The summed E-state index contributed by atoms with van der Waals surface area (Å²) in [7, 11) is 2.84. The normalized spacial score (nSPS) is 16.9. The predicted molar refractivity (Wildman–Crippen MR) is 192 cm³/mol. The lowest BCUT2D eigenvalue weighted by atomic mass is 9.83. The molecule has 0 bridgehead atoms. The maximum Gasteiger partial charge on any atom is 0.306 e. The van der Waals surface area contributed by atoms with Crippen LogP contribution in [0.3, 0.4) is 0 Å². The van der Waals surface area contributed by atoms with Crippen molar-refractivity contribution in [1.82, 2.24) is 0 Å². The Morgan fingerprint density at radius 2 is 1.17 bits per heavy atom. The molecule has 1 fully saturated rings. The third kappa shape index (κ3) is 9.81. The molecule has 0 radical (unpaired) electrons. The van der Waals surface area contributed by atoms with Crippen LogP contribution in [-0.2, 0) is 19.1 Å². The molecule has 6 rings (SSSR count). The van der Waals surface area contributed by atoms with Crippen molar-refractivity contribution in [3.8, 4) is 11.5 Å². The number of carbonyl (C=O) groups is 2. The van der Waals surface area contributed by atoms with Crippen molar-refractivity contribution in [3.63, 3.8) is 0 Å². The Morgan fingerprint density at radius 1 is 0.667 bits per heavy atom. The van der Waals surface area contributed by atoms with E-state index in [0.717, 1.165) is 34.6 Å². The van der Waals surface area contributed by atoms with Gasteiger partial charge in [-0.2, -0.15) is 0 Å². The lowest BCUT2D eigenvalue weighted by Crippen LogP contribution is -2.23. The molecule has 1 aliphatic carbocycles. The number of phenols is 1. The van der Waals surface area contributed by atoms with E-state index in [1.54, 1.807) is 34.8 Å². The summed E-state index contributed by atoms with van der Waals surface area (Å²) in [6, 6.07) is 34.1. The first-order chi connectivity index (χ1) is 23.4. The van der Waals surface area contributed by atoms with E-state index in [0.29, 0.717) is 18.8 Å². The maximum absolute atomic E-state index is 11.9. The number of ether oxygens (including phenoxy) is 3. The zero-order valence-corrected chi connectivity index (χ0v) is 29.0. The Morgan fingerprint density at radius 3 is 1.62 bits per heavy atom. The highest BCUT2D eigenvalue weighted by Crippen LogP contribution is 2.36. The number of rotatable bonds is 11. The Balaban J connectivity index is 0.000000214. The van der Waals surface area contributed by atoms with Gasteiger partial charge in [-0.3, -0.25) is 9.59 Å². The number of esters is 2. The van der Waals surface area contributed by atoms with Gasteiger partial charge >= 0.3 is 11.9 Å². The van der Waals surface area contributed by atoms with E-state index in [1.165, 1.54) is 37.5 Å². The van der Waals surface area contributed by atoms with Crippen molar-refractivity contribution in [2.75, 3.05) is 14.2 Å². The molecule has 1 saturated carbocycles. The third-order valence-corrected chi connectivity index (χ3v) is 10.8. The van der Waals surface area contributed by atoms with Gasteiger partial charge in [0.25, 0.3) is 0 Å². The highest BCUT2D eigenvalue weighted by Gasteiger charge is 2.24. The number of phenolic OH excluding ortho intramolecular Hbond substituents is 1. The molecular weight excluding hydrogens is 641 g/mol. The quantitative estimate of drug-likeness (QED) is 0.140. The van der Waals surface area contributed by atoms with Crippen molar-refractivity contribution < 1.29 is 28.9 Å². The minimum atomic E-state index is -0.235. The van der Waals surface area contributed by atoms with E-state index in [1.807, 2.05) is 53.2 Å². The lowest BCUT2D eigenvalue weighted by molar-refractivity contribution is -0.141. The molecule has 2 atom stereocenters. The van der Waals surface area contributed by atoms with Gasteiger partial charge < -0.3 is 19.3 Å². The molecule has 8 heteroatoms. The van der Waals surface area contributed by atoms with Gasteiger partial charge in [-0.15, -0.1) is 22.7 Å². The van der Waals surface area contributed by atoms with Crippen LogP contribution >= 0.6 is 22.7 Å². The van der Waals surface area contributed by atoms with Crippen LogP contribution in [0.2, 0.25) is 0 Å². The number of hydrogen-bond donors (Lipinski definition) is 1. The summed E-state index contributed by atoms with van der Waals surface area (Å²) < 4.78 is 15.9. The number of benzene rings is 3. The number of thiophene rings is 2. The van der Waals surface area contributed by atoms with Crippen molar-refractivity contribution in [3.05, 3.63) is 140 Å². The molecule has 0 saturated heterocycles. The van der Waals surface area contributed by atoms with Crippen LogP contribution in [0.1, 0.15) is 82.7 Å². The maximum atomic E-state index is 11.9. The van der Waals surface area contributed by atoms with Gasteiger partial charge in [-0.05, 0) is 95.4 Å².